The lowest BCUT2D eigenvalue weighted by Gasteiger charge is -2.42. The minimum atomic E-state index is -0.452. The van der Waals surface area contributed by atoms with Crippen LogP contribution in [0.25, 0.3) is 0 Å². The molecule has 1 aromatic heterocycles. The fraction of sp³-hybridized carbons (Fsp3) is 0.565. The number of hydrogen-bond donors (Lipinski definition) is 0. The molecule has 0 bridgehead atoms. The van der Waals surface area contributed by atoms with Gasteiger partial charge in [0.2, 0.25) is 11.8 Å². The first-order chi connectivity index (χ1) is 15.5. The van der Waals surface area contributed by atoms with Crippen molar-refractivity contribution in [3.63, 3.8) is 0 Å². The molecule has 170 valence electrons. The first-order valence-corrected chi connectivity index (χ1v) is 11.2. The molecule has 0 atom stereocenters. The van der Waals surface area contributed by atoms with E-state index in [-0.39, 0.29) is 11.8 Å². The van der Waals surface area contributed by atoms with Crippen LogP contribution < -0.4 is 4.74 Å². The van der Waals surface area contributed by atoms with Crippen molar-refractivity contribution in [2.45, 2.75) is 50.2 Å². The van der Waals surface area contributed by atoms with E-state index in [1.807, 2.05) is 4.90 Å². The Labute approximate surface area is 186 Å². The van der Waals surface area contributed by atoms with Crippen LogP contribution in [0.1, 0.15) is 60.1 Å². The van der Waals surface area contributed by atoms with Crippen molar-refractivity contribution in [1.29, 1.82) is 0 Å². The van der Waals surface area contributed by atoms with Gasteiger partial charge in [-0.3, -0.25) is 9.59 Å². The number of ether oxygens (including phenoxy) is 2. The van der Waals surface area contributed by atoms with E-state index >= 15 is 0 Å². The van der Waals surface area contributed by atoms with Crippen LogP contribution in [0.2, 0.25) is 0 Å². The predicted octanol–water partition coefficient (Wildman–Crippen LogP) is 2.38. The monoisotopic (exact) mass is 440 g/mol. The van der Waals surface area contributed by atoms with Gasteiger partial charge in [0.05, 0.1) is 38.8 Å². The molecule has 2 amide bonds. The zero-order valence-corrected chi connectivity index (χ0v) is 18.3. The number of carbonyl (C=O) groups excluding carboxylic acids is 2. The third kappa shape index (κ3) is 4.34. The maximum absolute atomic E-state index is 12.9. The van der Waals surface area contributed by atoms with Gasteiger partial charge in [0.25, 0.3) is 5.91 Å². The third-order valence-corrected chi connectivity index (χ3v) is 6.60. The second kappa shape index (κ2) is 8.54. The molecule has 1 aliphatic carbocycles. The van der Waals surface area contributed by atoms with Crippen LogP contribution in [0.3, 0.4) is 0 Å². The predicted molar refractivity (Wildman–Crippen MR) is 113 cm³/mol. The Kier molecular flexibility index (Phi) is 5.58. The number of carbonyl (C=O) groups is 2. The minimum Gasteiger partial charge on any atom is -0.497 e. The van der Waals surface area contributed by atoms with E-state index in [1.54, 1.807) is 36.3 Å². The number of aromatic nitrogens is 2. The highest BCUT2D eigenvalue weighted by molar-refractivity contribution is 5.94. The van der Waals surface area contributed by atoms with Crippen LogP contribution in [0.5, 0.6) is 5.75 Å². The Morgan fingerprint density at radius 3 is 2.66 bits per heavy atom. The molecule has 1 spiro atoms. The normalized spacial score (nSPS) is 21.0. The van der Waals surface area contributed by atoms with Gasteiger partial charge in [-0.2, -0.15) is 4.98 Å². The van der Waals surface area contributed by atoms with Crippen LogP contribution in [-0.2, 0) is 16.1 Å². The van der Waals surface area contributed by atoms with Crippen molar-refractivity contribution in [2.24, 2.45) is 0 Å². The molecule has 2 aliphatic heterocycles. The van der Waals surface area contributed by atoms with Gasteiger partial charge in [0.1, 0.15) is 5.75 Å². The summed E-state index contributed by atoms with van der Waals surface area (Å²) in [6, 6.07) is 7.16. The van der Waals surface area contributed by atoms with Crippen molar-refractivity contribution >= 4 is 11.8 Å². The van der Waals surface area contributed by atoms with Crippen LogP contribution in [0.15, 0.2) is 28.8 Å². The van der Waals surface area contributed by atoms with Gasteiger partial charge in [0.15, 0.2) is 5.82 Å². The van der Waals surface area contributed by atoms with Gasteiger partial charge in [-0.25, -0.2) is 0 Å². The second-order valence-corrected chi connectivity index (χ2v) is 8.88. The van der Waals surface area contributed by atoms with Crippen LogP contribution in [0, 0.1) is 0 Å². The Bertz CT molecular complexity index is 977. The van der Waals surface area contributed by atoms with Crippen molar-refractivity contribution in [3.8, 4) is 5.75 Å². The number of amides is 2. The SMILES string of the molecule is COc1ccc(C(=O)N2CCC3(CC2)CN(Cc2noc(C4CC4)n2)C(=O)CCO3)cc1. The van der Waals surface area contributed by atoms with Crippen molar-refractivity contribution in [2.75, 3.05) is 33.4 Å². The largest absolute Gasteiger partial charge is 0.497 e. The number of nitrogens with zero attached hydrogens (tertiary/aromatic N) is 4. The highest BCUT2D eigenvalue weighted by Gasteiger charge is 2.41. The van der Waals surface area contributed by atoms with E-state index in [0.29, 0.717) is 75.2 Å². The fourth-order valence-corrected chi connectivity index (χ4v) is 4.47. The Hall–Kier alpha value is -2.94. The molecule has 9 heteroatoms. The summed E-state index contributed by atoms with van der Waals surface area (Å²) in [7, 11) is 1.60. The topological polar surface area (TPSA) is 98.0 Å². The molecular formula is C23H28N4O5. The van der Waals surface area contributed by atoms with E-state index < -0.39 is 5.60 Å². The van der Waals surface area contributed by atoms with E-state index in [9.17, 15) is 9.59 Å². The summed E-state index contributed by atoms with van der Waals surface area (Å²) in [5.41, 5.74) is 0.190. The average molecular weight is 441 g/mol. The van der Waals surface area contributed by atoms with Gasteiger partial charge in [-0.15, -0.1) is 0 Å². The Balaban J connectivity index is 1.23. The summed E-state index contributed by atoms with van der Waals surface area (Å²) in [6.07, 6.45) is 3.88. The Morgan fingerprint density at radius 2 is 1.97 bits per heavy atom. The standard InChI is InChI=1S/C23H28N4O5/c1-30-18-6-4-17(5-7-18)22(29)26-11-9-23(10-12-26)15-27(20(28)8-13-31-23)14-19-24-21(32-25-19)16-2-3-16/h4-7,16H,2-3,8-15H2,1H3. The Morgan fingerprint density at radius 1 is 1.22 bits per heavy atom. The minimum absolute atomic E-state index is 0.00320. The number of rotatable bonds is 5. The fourth-order valence-electron chi connectivity index (χ4n) is 4.47. The van der Waals surface area contributed by atoms with E-state index in [1.165, 1.54) is 0 Å². The summed E-state index contributed by atoms with van der Waals surface area (Å²) in [4.78, 5) is 33.7. The summed E-state index contributed by atoms with van der Waals surface area (Å²) >= 11 is 0. The molecule has 9 nitrogen and oxygen atoms in total. The van der Waals surface area contributed by atoms with Gasteiger partial charge >= 0.3 is 0 Å². The lowest BCUT2D eigenvalue weighted by molar-refractivity contribution is -0.132. The van der Waals surface area contributed by atoms with Crippen LogP contribution >= 0.6 is 0 Å². The molecule has 0 unspecified atom stereocenters. The van der Waals surface area contributed by atoms with Gasteiger partial charge < -0.3 is 23.8 Å². The van der Waals surface area contributed by atoms with Gasteiger partial charge in [-0.05, 0) is 49.9 Å². The van der Waals surface area contributed by atoms with E-state index in [2.05, 4.69) is 10.1 Å². The number of piperidine rings is 1. The molecule has 32 heavy (non-hydrogen) atoms. The highest BCUT2D eigenvalue weighted by atomic mass is 16.5. The lowest BCUT2D eigenvalue weighted by atomic mass is 9.90. The molecule has 0 N–H and O–H groups in total. The highest BCUT2D eigenvalue weighted by Crippen LogP contribution is 2.39. The molecule has 2 saturated heterocycles. The molecule has 1 aromatic carbocycles. The zero-order valence-electron chi connectivity index (χ0n) is 18.3. The summed E-state index contributed by atoms with van der Waals surface area (Å²) < 4.78 is 16.7. The molecule has 3 fully saturated rings. The summed E-state index contributed by atoms with van der Waals surface area (Å²) in [5, 5.41) is 4.07. The number of hydrogen-bond acceptors (Lipinski definition) is 7. The van der Waals surface area contributed by atoms with Gasteiger partial charge in [0, 0.05) is 24.6 Å². The second-order valence-electron chi connectivity index (χ2n) is 8.88. The van der Waals surface area contributed by atoms with E-state index in [0.717, 1.165) is 18.6 Å². The van der Waals surface area contributed by atoms with Crippen molar-refractivity contribution in [1.82, 2.24) is 19.9 Å². The quantitative estimate of drug-likeness (QED) is 0.704. The summed E-state index contributed by atoms with van der Waals surface area (Å²) in [5.74, 6) is 2.38. The first-order valence-electron chi connectivity index (χ1n) is 11.2. The maximum Gasteiger partial charge on any atom is 0.253 e. The molecule has 2 aromatic rings. The third-order valence-electron chi connectivity index (χ3n) is 6.60. The first kappa shape index (κ1) is 20.9. The van der Waals surface area contributed by atoms with Crippen molar-refractivity contribution < 1.29 is 23.6 Å². The zero-order chi connectivity index (χ0) is 22.1. The molecular weight excluding hydrogens is 412 g/mol. The van der Waals surface area contributed by atoms with Crippen LogP contribution in [0.4, 0.5) is 0 Å². The van der Waals surface area contributed by atoms with Crippen molar-refractivity contribution in [3.05, 3.63) is 41.5 Å². The molecule has 3 aliphatic rings. The van der Waals surface area contributed by atoms with Crippen LogP contribution in [-0.4, -0.2) is 70.7 Å². The molecule has 5 rings (SSSR count). The number of benzene rings is 1. The average Bonchev–Trinajstić information content (AvgIpc) is 3.59. The molecule has 1 saturated carbocycles. The smallest absolute Gasteiger partial charge is 0.253 e. The molecule has 3 heterocycles. The van der Waals surface area contributed by atoms with Gasteiger partial charge in [-0.1, -0.05) is 5.16 Å². The van der Waals surface area contributed by atoms with E-state index in [4.69, 9.17) is 14.0 Å². The molecule has 0 radical (unpaired) electrons. The number of likely N-dealkylation sites (tertiary alicyclic amines) is 1. The summed E-state index contributed by atoms with van der Waals surface area (Å²) in [6.45, 7) is 2.36. The number of methoxy groups -OCH3 is 1. The lowest BCUT2D eigenvalue weighted by Crippen LogP contribution is -2.53. The maximum atomic E-state index is 12.9.